The number of hydrogen-bond acceptors (Lipinski definition) is 5. The van der Waals surface area contributed by atoms with Gasteiger partial charge in [-0.1, -0.05) is 0 Å². The number of carbonyl (C=O) groups excluding carboxylic acids is 2. The molecule has 0 saturated carbocycles. The van der Waals surface area contributed by atoms with Gasteiger partial charge in [0.15, 0.2) is 0 Å². The standard InChI is InChI=1S/C11H17N5O4/c12-7(3-6-4-14-5-15-6)10(18)16-8(11(19)20)1-2-9(13)17/h4-5,7-8H,1-3,12H2,(H2,13,17)(H,14,15)(H,16,18)(H,19,20). The predicted octanol–water partition coefficient (Wildman–Crippen LogP) is -1.89. The number of nitrogens with one attached hydrogen (secondary N) is 2. The van der Waals surface area contributed by atoms with Gasteiger partial charge in [0.2, 0.25) is 11.8 Å². The summed E-state index contributed by atoms with van der Waals surface area (Å²) in [6, 6.07) is -2.10. The summed E-state index contributed by atoms with van der Waals surface area (Å²) in [4.78, 5) is 40.0. The Morgan fingerprint density at radius 3 is 2.65 bits per heavy atom. The van der Waals surface area contributed by atoms with Crippen LogP contribution in [0.1, 0.15) is 18.5 Å². The smallest absolute Gasteiger partial charge is 0.326 e. The molecule has 110 valence electrons. The Kier molecular flexibility index (Phi) is 5.66. The summed E-state index contributed by atoms with van der Waals surface area (Å²) in [5.74, 6) is -2.49. The number of nitrogens with two attached hydrogens (primary N) is 2. The minimum atomic E-state index is -1.24. The fourth-order valence-electron chi connectivity index (χ4n) is 1.55. The normalized spacial score (nSPS) is 13.4. The Morgan fingerprint density at radius 2 is 2.15 bits per heavy atom. The highest BCUT2D eigenvalue weighted by molar-refractivity contribution is 5.87. The van der Waals surface area contributed by atoms with Gasteiger partial charge in [-0.2, -0.15) is 0 Å². The number of carboxylic acids is 1. The first-order valence-corrected chi connectivity index (χ1v) is 5.94. The second-order valence-corrected chi connectivity index (χ2v) is 4.29. The molecule has 2 unspecified atom stereocenters. The van der Waals surface area contributed by atoms with Crippen molar-refractivity contribution in [1.82, 2.24) is 15.3 Å². The molecule has 0 spiro atoms. The van der Waals surface area contributed by atoms with Crippen LogP contribution < -0.4 is 16.8 Å². The van der Waals surface area contributed by atoms with Crippen molar-refractivity contribution >= 4 is 17.8 Å². The molecule has 7 N–H and O–H groups in total. The van der Waals surface area contributed by atoms with E-state index in [9.17, 15) is 14.4 Å². The number of carbonyl (C=O) groups is 3. The summed E-state index contributed by atoms with van der Waals surface area (Å²) in [6.45, 7) is 0. The van der Waals surface area contributed by atoms with Crippen molar-refractivity contribution in [3.63, 3.8) is 0 Å². The first-order valence-electron chi connectivity index (χ1n) is 5.94. The predicted molar refractivity (Wildman–Crippen MR) is 68.3 cm³/mol. The molecule has 0 bridgehead atoms. The number of aliphatic carboxylic acids is 1. The molecule has 9 nitrogen and oxygen atoms in total. The number of primary amides is 1. The van der Waals surface area contributed by atoms with E-state index in [-0.39, 0.29) is 19.3 Å². The Morgan fingerprint density at radius 1 is 1.45 bits per heavy atom. The van der Waals surface area contributed by atoms with Crippen molar-refractivity contribution in [2.45, 2.75) is 31.3 Å². The fraction of sp³-hybridized carbons (Fsp3) is 0.455. The summed E-state index contributed by atoms with van der Waals surface area (Å²) in [7, 11) is 0. The van der Waals surface area contributed by atoms with Crippen LogP contribution in [0.25, 0.3) is 0 Å². The van der Waals surface area contributed by atoms with Crippen molar-refractivity contribution < 1.29 is 19.5 Å². The largest absolute Gasteiger partial charge is 0.480 e. The molecule has 9 heteroatoms. The third-order valence-electron chi connectivity index (χ3n) is 2.63. The number of aromatic amines is 1. The van der Waals surface area contributed by atoms with Crippen molar-refractivity contribution in [3.8, 4) is 0 Å². The number of amides is 2. The van der Waals surface area contributed by atoms with Crippen LogP contribution in [-0.2, 0) is 20.8 Å². The molecular weight excluding hydrogens is 266 g/mol. The van der Waals surface area contributed by atoms with Crippen LogP contribution in [0, 0.1) is 0 Å². The van der Waals surface area contributed by atoms with E-state index in [1.54, 1.807) is 0 Å². The van der Waals surface area contributed by atoms with Crippen LogP contribution in [0.5, 0.6) is 0 Å². The summed E-state index contributed by atoms with van der Waals surface area (Å²) < 4.78 is 0. The zero-order chi connectivity index (χ0) is 15.1. The lowest BCUT2D eigenvalue weighted by Gasteiger charge is -2.17. The lowest BCUT2D eigenvalue weighted by atomic mass is 10.1. The van der Waals surface area contributed by atoms with Gasteiger partial charge in [-0.3, -0.25) is 9.59 Å². The third kappa shape index (κ3) is 5.06. The minimum Gasteiger partial charge on any atom is -0.480 e. The van der Waals surface area contributed by atoms with E-state index in [0.29, 0.717) is 5.69 Å². The summed E-state index contributed by atoms with van der Waals surface area (Å²) in [6.07, 6.45) is 2.97. The molecule has 1 aromatic rings. The first-order chi connectivity index (χ1) is 9.40. The molecule has 0 saturated heterocycles. The highest BCUT2D eigenvalue weighted by Gasteiger charge is 2.23. The van der Waals surface area contributed by atoms with Crippen LogP contribution in [0.2, 0.25) is 0 Å². The zero-order valence-electron chi connectivity index (χ0n) is 10.7. The van der Waals surface area contributed by atoms with Crippen molar-refractivity contribution in [1.29, 1.82) is 0 Å². The molecule has 0 aliphatic heterocycles. The average Bonchev–Trinajstić information content (AvgIpc) is 2.86. The maximum Gasteiger partial charge on any atom is 0.326 e. The molecule has 0 fully saturated rings. The number of carboxylic acid groups (broad SMARTS) is 1. The third-order valence-corrected chi connectivity index (χ3v) is 2.63. The van der Waals surface area contributed by atoms with Gasteiger partial charge in [-0.15, -0.1) is 0 Å². The maximum absolute atomic E-state index is 11.8. The molecule has 1 heterocycles. The van der Waals surface area contributed by atoms with E-state index in [1.807, 2.05) is 0 Å². The van der Waals surface area contributed by atoms with E-state index in [0.717, 1.165) is 0 Å². The number of aromatic nitrogens is 2. The lowest BCUT2D eigenvalue weighted by molar-refractivity contribution is -0.142. The second-order valence-electron chi connectivity index (χ2n) is 4.29. The summed E-state index contributed by atoms with van der Waals surface area (Å²) in [5, 5.41) is 11.2. The van der Waals surface area contributed by atoms with Crippen molar-refractivity contribution in [2.24, 2.45) is 11.5 Å². The monoisotopic (exact) mass is 283 g/mol. The molecule has 0 radical (unpaired) electrons. The quantitative estimate of drug-likeness (QED) is 0.374. The highest BCUT2D eigenvalue weighted by Crippen LogP contribution is 2.00. The van der Waals surface area contributed by atoms with Crippen LogP contribution >= 0.6 is 0 Å². The van der Waals surface area contributed by atoms with Gasteiger partial charge >= 0.3 is 5.97 Å². The fourth-order valence-corrected chi connectivity index (χ4v) is 1.55. The Labute approximate surface area is 114 Å². The van der Waals surface area contributed by atoms with Gasteiger partial charge in [0.25, 0.3) is 0 Å². The van der Waals surface area contributed by atoms with Gasteiger partial charge in [0.05, 0.1) is 12.4 Å². The van der Waals surface area contributed by atoms with Crippen LogP contribution in [0.15, 0.2) is 12.5 Å². The van der Waals surface area contributed by atoms with Crippen molar-refractivity contribution in [2.75, 3.05) is 0 Å². The Hall–Kier alpha value is -2.42. The second kappa shape index (κ2) is 7.24. The Balaban J connectivity index is 2.52. The van der Waals surface area contributed by atoms with Crippen molar-refractivity contribution in [3.05, 3.63) is 18.2 Å². The summed E-state index contributed by atoms with van der Waals surface area (Å²) in [5.41, 5.74) is 11.3. The van der Waals surface area contributed by atoms with E-state index < -0.39 is 29.9 Å². The number of rotatable bonds is 8. The zero-order valence-corrected chi connectivity index (χ0v) is 10.7. The van der Waals surface area contributed by atoms with Gasteiger partial charge in [0, 0.05) is 24.7 Å². The molecule has 0 aliphatic carbocycles. The van der Waals surface area contributed by atoms with Crippen LogP contribution in [0.4, 0.5) is 0 Å². The van der Waals surface area contributed by atoms with E-state index >= 15 is 0 Å². The average molecular weight is 283 g/mol. The lowest BCUT2D eigenvalue weighted by Crippen LogP contribution is -2.49. The molecule has 0 aliphatic rings. The number of hydrogen-bond donors (Lipinski definition) is 5. The van der Waals surface area contributed by atoms with Gasteiger partial charge in [-0.25, -0.2) is 9.78 Å². The number of nitrogens with zero attached hydrogens (tertiary/aromatic N) is 1. The van der Waals surface area contributed by atoms with Crippen LogP contribution in [-0.4, -0.2) is 44.9 Å². The SMILES string of the molecule is NC(=O)CCC(NC(=O)C(N)Cc1cnc[nH]1)C(=O)O. The number of H-pyrrole nitrogens is 1. The maximum atomic E-state index is 11.8. The number of imidazole rings is 1. The minimum absolute atomic E-state index is 0.0762. The molecular formula is C11H17N5O4. The van der Waals surface area contributed by atoms with E-state index in [2.05, 4.69) is 15.3 Å². The first kappa shape index (κ1) is 15.6. The molecule has 1 aromatic heterocycles. The molecule has 1 rings (SSSR count). The molecule has 2 atom stereocenters. The molecule has 0 aromatic carbocycles. The van der Waals surface area contributed by atoms with E-state index in [4.69, 9.17) is 16.6 Å². The van der Waals surface area contributed by atoms with E-state index in [1.165, 1.54) is 12.5 Å². The Bertz CT molecular complexity index is 473. The summed E-state index contributed by atoms with van der Waals surface area (Å²) >= 11 is 0. The molecule has 2 amide bonds. The van der Waals surface area contributed by atoms with Gasteiger partial charge in [0.1, 0.15) is 6.04 Å². The highest BCUT2D eigenvalue weighted by atomic mass is 16.4. The van der Waals surface area contributed by atoms with Crippen LogP contribution in [0.3, 0.4) is 0 Å². The van der Waals surface area contributed by atoms with Gasteiger partial charge in [-0.05, 0) is 6.42 Å². The molecule has 20 heavy (non-hydrogen) atoms. The topological polar surface area (TPSA) is 164 Å². The van der Waals surface area contributed by atoms with Gasteiger partial charge < -0.3 is 26.9 Å².